The van der Waals surface area contributed by atoms with Gasteiger partial charge in [-0.1, -0.05) is 44.2 Å². The summed E-state index contributed by atoms with van der Waals surface area (Å²) in [5.41, 5.74) is 1.07. The summed E-state index contributed by atoms with van der Waals surface area (Å²) in [6, 6.07) is 9.93. The molecule has 0 amide bonds. The molecule has 0 saturated heterocycles. The van der Waals surface area contributed by atoms with Crippen LogP contribution in [0.3, 0.4) is 0 Å². The summed E-state index contributed by atoms with van der Waals surface area (Å²) in [6.07, 6.45) is 2.26. The first-order valence-electron chi connectivity index (χ1n) is 5.68. The SMILES string of the molecule is CCC1=CC(=O)[C@@H](C)[C@H](c2ccccc2)O1. The molecule has 0 spiro atoms. The van der Waals surface area contributed by atoms with Gasteiger partial charge in [-0.25, -0.2) is 0 Å². The Hall–Kier alpha value is -1.57. The van der Waals surface area contributed by atoms with Crippen molar-refractivity contribution in [2.24, 2.45) is 5.92 Å². The van der Waals surface area contributed by atoms with Crippen LogP contribution in [-0.2, 0) is 9.53 Å². The summed E-state index contributed by atoms with van der Waals surface area (Å²) in [6.45, 7) is 3.92. The average molecular weight is 216 g/mol. The molecule has 2 rings (SSSR count). The van der Waals surface area contributed by atoms with Crippen molar-refractivity contribution in [3.05, 3.63) is 47.7 Å². The lowest BCUT2D eigenvalue weighted by Gasteiger charge is -2.29. The molecule has 16 heavy (non-hydrogen) atoms. The minimum Gasteiger partial charge on any atom is -0.489 e. The van der Waals surface area contributed by atoms with Crippen LogP contribution in [-0.4, -0.2) is 5.78 Å². The maximum Gasteiger partial charge on any atom is 0.165 e. The second-order valence-corrected chi connectivity index (χ2v) is 4.10. The van der Waals surface area contributed by atoms with Crippen molar-refractivity contribution in [3.63, 3.8) is 0 Å². The number of hydrogen-bond donors (Lipinski definition) is 0. The van der Waals surface area contributed by atoms with E-state index in [4.69, 9.17) is 4.74 Å². The zero-order valence-corrected chi connectivity index (χ0v) is 9.64. The van der Waals surface area contributed by atoms with Crippen molar-refractivity contribution >= 4 is 5.78 Å². The minimum atomic E-state index is -0.131. The van der Waals surface area contributed by atoms with Crippen LogP contribution in [0.15, 0.2) is 42.2 Å². The molecule has 1 aromatic rings. The van der Waals surface area contributed by atoms with Crippen molar-refractivity contribution in [2.45, 2.75) is 26.4 Å². The van der Waals surface area contributed by atoms with Gasteiger partial charge in [0.25, 0.3) is 0 Å². The first kappa shape index (κ1) is 10.9. The Labute approximate surface area is 95.9 Å². The van der Waals surface area contributed by atoms with Crippen LogP contribution in [0.5, 0.6) is 0 Å². The van der Waals surface area contributed by atoms with E-state index in [2.05, 4.69) is 0 Å². The van der Waals surface area contributed by atoms with Crippen LogP contribution >= 0.6 is 0 Å². The second-order valence-electron chi connectivity index (χ2n) is 4.10. The number of carbonyl (C=O) groups is 1. The van der Waals surface area contributed by atoms with Gasteiger partial charge in [-0.05, 0) is 5.56 Å². The first-order chi connectivity index (χ1) is 7.72. The zero-order chi connectivity index (χ0) is 11.5. The van der Waals surface area contributed by atoms with Gasteiger partial charge in [-0.15, -0.1) is 0 Å². The van der Waals surface area contributed by atoms with Gasteiger partial charge in [-0.3, -0.25) is 4.79 Å². The molecule has 1 aromatic carbocycles. The Morgan fingerprint density at radius 3 is 2.56 bits per heavy atom. The highest BCUT2D eigenvalue weighted by atomic mass is 16.5. The lowest BCUT2D eigenvalue weighted by Crippen LogP contribution is -2.25. The summed E-state index contributed by atoms with van der Waals surface area (Å²) >= 11 is 0. The highest BCUT2D eigenvalue weighted by Crippen LogP contribution is 2.33. The van der Waals surface area contributed by atoms with Crippen LogP contribution in [0.2, 0.25) is 0 Å². The highest BCUT2D eigenvalue weighted by Gasteiger charge is 2.30. The molecule has 84 valence electrons. The van der Waals surface area contributed by atoms with E-state index in [0.29, 0.717) is 0 Å². The molecule has 1 aliphatic heterocycles. The third-order valence-electron chi connectivity index (χ3n) is 2.96. The van der Waals surface area contributed by atoms with E-state index in [1.54, 1.807) is 6.08 Å². The van der Waals surface area contributed by atoms with Crippen LogP contribution in [0, 0.1) is 5.92 Å². The van der Waals surface area contributed by atoms with Gasteiger partial charge in [0.15, 0.2) is 5.78 Å². The molecular weight excluding hydrogens is 200 g/mol. The van der Waals surface area contributed by atoms with E-state index in [0.717, 1.165) is 17.7 Å². The summed E-state index contributed by atoms with van der Waals surface area (Å²) < 4.78 is 5.84. The Morgan fingerprint density at radius 1 is 1.25 bits per heavy atom. The summed E-state index contributed by atoms with van der Waals surface area (Å²) in [5.74, 6) is 0.853. The van der Waals surface area contributed by atoms with E-state index in [1.807, 2.05) is 44.2 Å². The van der Waals surface area contributed by atoms with E-state index in [-0.39, 0.29) is 17.8 Å². The van der Waals surface area contributed by atoms with E-state index >= 15 is 0 Å². The molecule has 1 aliphatic rings. The van der Waals surface area contributed by atoms with E-state index in [1.165, 1.54) is 0 Å². The quantitative estimate of drug-likeness (QED) is 0.758. The third-order valence-corrected chi connectivity index (χ3v) is 2.96. The van der Waals surface area contributed by atoms with Gasteiger partial charge in [0.1, 0.15) is 11.9 Å². The molecule has 0 radical (unpaired) electrons. The Balaban J connectivity index is 2.29. The fraction of sp³-hybridized carbons (Fsp3) is 0.357. The number of ether oxygens (including phenoxy) is 1. The van der Waals surface area contributed by atoms with Gasteiger partial charge >= 0.3 is 0 Å². The molecule has 0 N–H and O–H groups in total. The number of benzene rings is 1. The highest BCUT2D eigenvalue weighted by molar-refractivity contribution is 5.93. The van der Waals surface area contributed by atoms with Crippen LogP contribution < -0.4 is 0 Å². The number of carbonyl (C=O) groups excluding carboxylic acids is 1. The summed E-state index contributed by atoms with van der Waals surface area (Å²) in [5, 5.41) is 0. The molecule has 2 nitrogen and oxygen atoms in total. The molecule has 0 unspecified atom stereocenters. The van der Waals surface area contributed by atoms with E-state index < -0.39 is 0 Å². The molecule has 0 aromatic heterocycles. The average Bonchev–Trinajstić information content (AvgIpc) is 2.33. The summed E-state index contributed by atoms with van der Waals surface area (Å²) in [7, 11) is 0. The Kier molecular flexibility index (Phi) is 3.09. The fourth-order valence-corrected chi connectivity index (χ4v) is 1.92. The van der Waals surface area contributed by atoms with Crippen LogP contribution in [0.25, 0.3) is 0 Å². The third kappa shape index (κ3) is 2.01. The van der Waals surface area contributed by atoms with Gasteiger partial charge in [0, 0.05) is 12.5 Å². The van der Waals surface area contributed by atoms with Crippen molar-refractivity contribution < 1.29 is 9.53 Å². The normalized spacial score (nSPS) is 24.9. The first-order valence-corrected chi connectivity index (χ1v) is 5.68. The molecule has 0 aliphatic carbocycles. The van der Waals surface area contributed by atoms with E-state index in [9.17, 15) is 4.79 Å². The molecule has 2 heteroatoms. The molecule has 0 fully saturated rings. The number of ketones is 1. The number of hydrogen-bond acceptors (Lipinski definition) is 2. The lowest BCUT2D eigenvalue weighted by molar-refractivity contribution is -0.124. The Bertz CT molecular complexity index is 406. The van der Waals surface area contributed by atoms with Gasteiger partial charge in [0.05, 0.1) is 5.92 Å². The molecule has 0 saturated carbocycles. The van der Waals surface area contributed by atoms with Crippen molar-refractivity contribution in [1.82, 2.24) is 0 Å². The monoisotopic (exact) mass is 216 g/mol. The second kappa shape index (κ2) is 4.52. The molecule has 2 atom stereocenters. The van der Waals surface area contributed by atoms with Crippen molar-refractivity contribution in [2.75, 3.05) is 0 Å². The minimum absolute atomic E-state index is 0.0994. The maximum atomic E-state index is 11.8. The fourth-order valence-electron chi connectivity index (χ4n) is 1.92. The standard InChI is InChI=1S/C14H16O2/c1-3-12-9-13(15)10(2)14(16-12)11-7-5-4-6-8-11/h4-10,14H,3H2,1-2H3/t10-,14-/m1/s1. The predicted octanol–water partition coefficient (Wildman–Crippen LogP) is 3.26. The lowest BCUT2D eigenvalue weighted by atomic mass is 9.91. The molecule has 1 heterocycles. The van der Waals surface area contributed by atoms with Crippen LogP contribution in [0.1, 0.15) is 31.9 Å². The van der Waals surface area contributed by atoms with Gasteiger partial charge in [-0.2, -0.15) is 0 Å². The number of rotatable bonds is 2. The smallest absolute Gasteiger partial charge is 0.165 e. The molecule has 0 bridgehead atoms. The largest absolute Gasteiger partial charge is 0.489 e. The molecular formula is C14H16O2. The number of allylic oxidation sites excluding steroid dienone is 2. The van der Waals surface area contributed by atoms with Gasteiger partial charge < -0.3 is 4.74 Å². The predicted molar refractivity (Wildman–Crippen MR) is 62.8 cm³/mol. The maximum absolute atomic E-state index is 11.8. The van der Waals surface area contributed by atoms with Crippen molar-refractivity contribution in [3.8, 4) is 0 Å². The topological polar surface area (TPSA) is 26.3 Å². The Morgan fingerprint density at radius 2 is 1.94 bits per heavy atom. The van der Waals surface area contributed by atoms with Gasteiger partial charge in [0.2, 0.25) is 0 Å². The van der Waals surface area contributed by atoms with Crippen molar-refractivity contribution in [1.29, 1.82) is 0 Å². The zero-order valence-electron chi connectivity index (χ0n) is 9.64. The summed E-state index contributed by atoms with van der Waals surface area (Å²) in [4.78, 5) is 11.8. The van der Waals surface area contributed by atoms with Crippen LogP contribution in [0.4, 0.5) is 0 Å².